The molecule has 258 valence electrons. The van der Waals surface area contributed by atoms with Crippen molar-refractivity contribution in [2.75, 3.05) is 56.8 Å². The van der Waals surface area contributed by atoms with Gasteiger partial charge in [-0.3, -0.25) is 9.69 Å². The number of nitrogens with one attached hydrogen (secondary N) is 1. The highest BCUT2D eigenvalue weighted by Gasteiger charge is 2.22. The molecule has 49 heavy (non-hydrogen) atoms. The second-order valence-corrected chi connectivity index (χ2v) is 13.8. The average Bonchev–Trinajstić information content (AvgIpc) is 3.58. The van der Waals surface area contributed by atoms with Crippen LogP contribution < -0.4 is 15.0 Å². The maximum atomic E-state index is 13.7. The highest BCUT2D eigenvalue weighted by atomic mass is 32.1. The number of ether oxygens (including phenoxy) is 3. The molecule has 0 bridgehead atoms. The topological polar surface area (TPSA) is 76.2 Å². The van der Waals surface area contributed by atoms with E-state index >= 15 is 0 Å². The van der Waals surface area contributed by atoms with Crippen molar-refractivity contribution in [1.29, 1.82) is 0 Å². The first kappa shape index (κ1) is 34.8. The standard InChI is InChI=1S/C40H48N4O4S/c1-3-4-20-46-23-24-48-37-12-7-31(8-13-37)32-9-14-38-34(26-32)27-33(15-19-44(38)29-39-41-18-25-49-39)40(45)42-35-10-5-30(6-11-35)28-43(2)36-16-21-47-22-17-36/h5-14,18,25-27,36H,3-4,15-17,19-24,28-29H2,1-2H3,(H,42,45). The molecule has 2 aliphatic rings. The maximum absolute atomic E-state index is 13.7. The second kappa shape index (κ2) is 17.6. The zero-order chi connectivity index (χ0) is 33.8. The van der Waals surface area contributed by atoms with Gasteiger partial charge in [0.25, 0.3) is 5.91 Å². The van der Waals surface area contributed by atoms with Crippen molar-refractivity contribution in [2.24, 2.45) is 0 Å². The van der Waals surface area contributed by atoms with Crippen LogP contribution in [0, 0.1) is 0 Å². The number of benzene rings is 3. The summed E-state index contributed by atoms with van der Waals surface area (Å²) in [6.45, 7) is 8.02. The number of carbonyl (C=O) groups excluding carboxylic acids is 1. The normalized spacial score (nSPS) is 15.1. The lowest BCUT2D eigenvalue weighted by Crippen LogP contribution is -2.36. The van der Waals surface area contributed by atoms with E-state index in [1.165, 1.54) is 5.56 Å². The van der Waals surface area contributed by atoms with Crippen LogP contribution in [0.3, 0.4) is 0 Å². The molecule has 0 saturated carbocycles. The average molecular weight is 681 g/mol. The first-order valence-corrected chi connectivity index (χ1v) is 18.4. The van der Waals surface area contributed by atoms with Gasteiger partial charge in [0.2, 0.25) is 0 Å². The Labute approximate surface area is 294 Å². The van der Waals surface area contributed by atoms with Crippen molar-refractivity contribution in [3.63, 3.8) is 0 Å². The molecule has 0 radical (unpaired) electrons. The van der Waals surface area contributed by atoms with E-state index in [0.717, 1.165) is 103 Å². The van der Waals surface area contributed by atoms with E-state index in [2.05, 4.69) is 82.6 Å². The smallest absolute Gasteiger partial charge is 0.251 e. The molecule has 1 amide bonds. The molecule has 3 aromatic carbocycles. The van der Waals surface area contributed by atoms with Crippen molar-refractivity contribution in [1.82, 2.24) is 9.88 Å². The maximum Gasteiger partial charge on any atom is 0.251 e. The fourth-order valence-electron chi connectivity index (χ4n) is 6.37. The predicted octanol–water partition coefficient (Wildman–Crippen LogP) is 8.05. The third-order valence-electron chi connectivity index (χ3n) is 9.23. The number of rotatable bonds is 15. The molecular formula is C40H48N4O4S. The predicted molar refractivity (Wildman–Crippen MR) is 199 cm³/mol. The number of anilines is 2. The van der Waals surface area contributed by atoms with E-state index in [1.807, 2.05) is 35.8 Å². The lowest BCUT2D eigenvalue weighted by atomic mass is 10.00. The van der Waals surface area contributed by atoms with Gasteiger partial charge < -0.3 is 24.4 Å². The fourth-order valence-corrected chi connectivity index (χ4v) is 7.00. The molecule has 2 aliphatic heterocycles. The van der Waals surface area contributed by atoms with Crippen LogP contribution in [0.25, 0.3) is 17.2 Å². The third kappa shape index (κ3) is 9.79. The van der Waals surface area contributed by atoms with Crippen LogP contribution in [-0.4, -0.2) is 68.5 Å². The van der Waals surface area contributed by atoms with Gasteiger partial charge >= 0.3 is 0 Å². The number of hydrogen-bond acceptors (Lipinski definition) is 8. The molecule has 0 atom stereocenters. The number of thiazole rings is 1. The Morgan fingerprint density at radius 3 is 2.57 bits per heavy atom. The van der Waals surface area contributed by atoms with Crippen LogP contribution in [0.2, 0.25) is 0 Å². The highest BCUT2D eigenvalue weighted by molar-refractivity contribution is 7.09. The molecule has 0 aliphatic carbocycles. The molecule has 3 heterocycles. The summed E-state index contributed by atoms with van der Waals surface area (Å²) in [4.78, 5) is 23.0. The Kier molecular flexibility index (Phi) is 12.5. The Bertz CT molecular complexity index is 1650. The fraction of sp³-hybridized carbons (Fsp3) is 0.400. The summed E-state index contributed by atoms with van der Waals surface area (Å²) in [5.74, 6) is 0.755. The van der Waals surface area contributed by atoms with E-state index in [9.17, 15) is 4.79 Å². The van der Waals surface area contributed by atoms with Crippen LogP contribution in [0.1, 0.15) is 55.2 Å². The number of fused-ring (bicyclic) bond motifs is 1. The molecule has 0 spiro atoms. The summed E-state index contributed by atoms with van der Waals surface area (Å²) in [6.07, 6.45) is 8.88. The number of carbonyl (C=O) groups is 1. The number of aromatic nitrogens is 1. The minimum atomic E-state index is -0.0697. The number of hydrogen-bond donors (Lipinski definition) is 1. The van der Waals surface area contributed by atoms with Gasteiger partial charge in [0.1, 0.15) is 17.4 Å². The molecule has 6 rings (SSSR count). The highest BCUT2D eigenvalue weighted by Crippen LogP contribution is 2.34. The van der Waals surface area contributed by atoms with Gasteiger partial charge in [0, 0.05) is 67.5 Å². The van der Waals surface area contributed by atoms with E-state index in [4.69, 9.17) is 14.2 Å². The van der Waals surface area contributed by atoms with Crippen molar-refractivity contribution >= 4 is 34.7 Å². The molecule has 4 aromatic rings. The second-order valence-electron chi connectivity index (χ2n) is 12.8. The summed E-state index contributed by atoms with van der Waals surface area (Å²) < 4.78 is 17.0. The Hall–Kier alpha value is -4.02. The van der Waals surface area contributed by atoms with E-state index in [-0.39, 0.29) is 5.91 Å². The van der Waals surface area contributed by atoms with Crippen molar-refractivity contribution in [3.05, 3.63) is 100 Å². The van der Waals surface area contributed by atoms with Crippen LogP contribution >= 0.6 is 11.3 Å². The number of amides is 1. The minimum absolute atomic E-state index is 0.0697. The van der Waals surface area contributed by atoms with Gasteiger partial charge in [-0.2, -0.15) is 0 Å². The summed E-state index contributed by atoms with van der Waals surface area (Å²) >= 11 is 1.65. The van der Waals surface area contributed by atoms with Crippen molar-refractivity contribution < 1.29 is 19.0 Å². The quantitative estimate of drug-likeness (QED) is 0.127. The lowest BCUT2D eigenvalue weighted by molar-refractivity contribution is -0.112. The molecule has 9 heteroatoms. The van der Waals surface area contributed by atoms with Gasteiger partial charge in [-0.25, -0.2) is 4.98 Å². The number of nitrogens with zero attached hydrogens (tertiary/aromatic N) is 3. The summed E-state index contributed by atoms with van der Waals surface area (Å²) in [6, 6.07) is 23.5. The monoisotopic (exact) mass is 680 g/mol. The summed E-state index contributed by atoms with van der Waals surface area (Å²) in [5.41, 5.74) is 7.09. The minimum Gasteiger partial charge on any atom is -0.491 e. The first-order chi connectivity index (χ1) is 24.1. The largest absolute Gasteiger partial charge is 0.491 e. The van der Waals surface area contributed by atoms with Crippen LogP contribution in [0.4, 0.5) is 11.4 Å². The first-order valence-electron chi connectivity index (χ1n) is 17.5. The third-order valence-corrected chi connectivity index (χ3v) is 10.00. The van der Waals surface area contributed by atoms with Crippen LogP contribution in [0.5, 0.6) is 5.75 Å². The molecule has 1 fully saturated rings. The van der Waals surface area contributed by atoms with Gasteiger partial charge in [-0.1, -0.05) is 43.7 Å². The zero-order valence-electron chi connectivity index (χ0n) is 28.7. The molecule has 1 aromatic heterocycles. The van der Waals surface area contributed by atoms with Crippen molar-refractivity contribution in [2.45, 2.75) is 58.2 Å². The number of unbranched alkanes of at least 4 members (excludes halogenated alkanes) is 1. The zero-order valence-corrected chi connectivity index (χ0v) is 29.6. The van der Waals surface area contributed by atoms with Gasteiger partial charge in [-0.15, -0.1) is 11.3 Å². The van der Waals surface area contributed by atoms with Gasteiger partial charge in [-0.05, 0) is 97.5 Å². The summed E-state index contributed by atoms with van der Waals surface area (Å²) in [7, 11) is 2.18. The van der Waals surface area contributed by atoms with E-state index < -0.39 is 0 Å². The van der Waals surface area contributed by atoms with Crippen molar-refractivity contribution in [3.8, 4) is 16.9 Å². The Morgan fingerprint density at radius 1 is 1.02 bits per heavy atom. The Morgan fingerprint density at radius 2 is 1.82 bits per heavy atom. The van der Waals surface area contributed by atoms with E-state index in [1.54, 1.807) is 11.3 Å². The lowest BCUT2D eigenvalue weighted by Gasteiger charge is -2.31. The molecular weight excluding hydrogens is 633 g/mol. The molecule has 8 nitrogen and oxygen atoms in total. The molecule has 1 saturated heterocycles. The molecule has 0 unspecified atom stereocenters. The van der Waals surface area contributed by atoms with Gasteiger partial charge in [0.05, 0.1) is 13.2 Å². The van der Waals surface area contributed by atoms with Crippen LogP contribution in [-0.2, 0) is 27.4 Å². The molecule has 1 N–H and O–H groups in total. The van der Waals surface area contributed by atoms with Gasteiger partial charge in [0.15, 0.2) is 0 Å². The summed E-state index contributed by atoms with van der Waals surface area (Å²) in [5, 5.41) is 6.23. The Balaban J connectivity index is 1.15. The van der Waals surface area contributed by atoms with E-state index in [0.29, 0.717) is 32.2 Å². The SMILES string of the molecule is CCCCOCCOc1ccc(-c2ccc3c(c2)C=C(C(=O)Nc2ccc(CN(C)C4CCOCC4)cc2)CCN3Cc2nccs2)cc1. The van der Waals surface area contributed by atoms with Crippen LogP contribution in [0.15, 0.2) is 83.9 Å².